The van der Waals surface area contributed by atoms with E-state index in [1.807, 2.05) is 0 Å². The number of carbonyl (C=O) groups excluding carboxylic acids is 1. The van der Waals surface area contributed by atoms with Crippen LogP contribution in [0.3, 0.4) is 0 Å². The number of hydrogen-bond donors (Lipinski definition) is 1. The van der Waals surface area contributed by atoms with Gasteiger partial charge in [0.15, 0.2) is 17.4 Å². The minimum Gasteiger partial charge on any atom is -0.486 e. The molecule has 0 spiro atoms. The highest BCUT2D eigenvalue weighted by Gasteiger charge is 2.24. The predicted molar refractivity (Wildman–Crippen MR) is 120 cm³/mol. The van der Waals surface area contributed by atoms with Crippen LogP contribution in [-0.4, -0.2) is 41.9 Å². The van der Waals surface area contributed by atoms with Crippen LogP contribution in [-0.2, 0) is 4.79 Å². The van der Waals surface area contributed by atoms with Gasteiger partial charge in [-0.3, -0.25) is 14.5 Å². The van der Waals surface area contributed by atoms with Crippen molar-refractivity contribution < 1.29 is 32.6 Å². The molecule has 0 aliphatic heterocycles. The fraction of sp³-hybridized carbons (Fsp3) is 0.231. The molecule has 3 aromatic rings. The van der Waals surface area contributed by atoms with Crippen molar-refractivity contribution in [2.45, 2.75) is 19.4 Å². The van der Waals surface area contributed by atoms with E-state index >= 15 is 0 Å². The maximum absolute atomic E-state index is 14.9. The molecule has 8 heteroatoms. The highest BCUT2D eigenvalue weighted by molar-refractivity contribution is 6.09. The van der Waals surface area contributed by atoms with Crippen molar-refractivity contribution in [3.8, 4) is 5.75 Å². The second-order valence-electron chi connectivity index (χ2n) is 7.95. The van der Waals surface area contributed by atoms with Gasteiger partial charge in [-0.1, -0.05) is 42.5 Å². The molecule has 0 heterocycles. The lowest BCUT2D eigenvalue weighted by molar-refractivity contribution is -0.138. The minimum absolute atomic E-state index is 0.0854. The zero-order valence-corrected chi connectivity index (χ0v) is 18.7. The van der Waals surface area contributed by atoms with Crippen LogP contribution in [0.5, 0.6) is 5.75 Å². The number of likely N-dealkylation sites (N-methyl/N-ethyl adjacent to an activating group) is 1. The quantitative estimate of drug-likeness (QED) is 0.326. The molecule has 0 saturated carbocycles. The Balaban J connectivity index is 1.92. The Hall–Kier alpha value is -3.65. The van der Waals surface area contributed by atoms with Crippen LogP contribution in [0.15, 0.2) is 60.7 Å². The molecule has 0 bridgehead atoms. The van der Waals surface area contributed by atoms with Crippen molar-refractivity contribution in [3.63, 3.8) is 0 Å². The van der Waals surface area contributed by atoms with Gasteiger partial charge in [-0.05, 0) is 32.2 Å². The summed E-state index contributed by atoms with van der Waals surface area (Å²) in [5, 5.41) is 8.97. The Labute approximate surface area is 195 Å². The summed E-state index contributed by atoms with van der Waals surface area (Å²) in [6.45, 7) is 1.05. The third-order valence-corrected chi connectivity index (χ3v) is 5.34. The first kappa shape index (κ1) is 25.0. The van der Waals surface area contributed by atoms with E-state index in [1.54, 1.807) is 55.6 Å². The highest BCUT2D eigenvalue weighted by atomic mass is 19.2. The van der Waals surface area contributed by atoms with E-state index in [0.717, 1.165) is 13.0 Å². The average molecular weight is 471 g/mol. The Bertz CT molecular complexity index is 1180. The second kappa shape index (κ2) is 11.0. The van der Waals surface area contributed by atoms with Gasteiger partial charge in [-0.25, -0.2) is 13.2 Å². The lowest BCUT2D eigenvalue weighted by Gasteiger charge is -2.24. The molecule has 3 aromatic carbocycles. The van der Waals surface area contributed by atoms with Crippen LogP contribution in [0.1, 0.15) is 39.6 Å². The van der Waals surface area contributed by atoms with Crippen LogP contribution in [0.2, 0.25) is 0 Å². The lowest BCUT2D eigenvalue weighted by Crippen LogP contribution is -2.28. The zero-order valence-electron chi connectivity index (χ0n) is 18.7. The number of carboxylic acid groups (broad SMARTS) is 1. The lowest BCUT2D eigenvalue weighted by atomic mass is 10.0. The number of carbonyl (C=O) groups is 2. The number of nitrogens with zero attached hydrogens (tertiary/aromatic N) is 1. The summed E-state index contributed by atoms with van der Waals surface area (Å²) in [4.78, 5) is 25.2. The minimum atomic E-state index is -1.28. The van der Waals surface area contributed by atoms with Crippen LogP contribution >= 0.6 is 0 Å². The van der Waals surface area contributed by atoms with Gasteiger partial charge < -0.3 is 9.84 Å². The maximum atomic E-state index is 14.9. The number of carboxylic acids is 1. The summed E-state index contributed by atoms with van der Waals surface area (Å²) in [6.07, 6.45) is -0.977. The van der Waals surface area contributed by atoms with E-state index < -0.39 is 35.1 Å². The van der Waals surface area contributed by atoms with Gasteiger partial charge in [0.05, 0.1) is 6.54 Å². The number of halogens is 3. The first-order chi connectivity index (χ1) is 16.2. The molecule has 0 aromatic heterocycles. The van der Waals surface area contributed by atoms with E-state index in [0.29, 0.717) is 11.1 Å². The summed E-state index contributed by atoms with van der Waals surface area (Å²) in [5.41, 5.74) is 0.150. The molecule has 1 atom stereocenters. The number of rotatable bonds is 10. The summed E-state index contributed by atoms with van der Waals surface area (Å²) in [7, 11) is 1.57. The number of aliphatic carboxylic acids is 1. The number of hydrogen-bond acceptors (Lipinski definition) is 4. The summed E-state index contributed by atoms with van der Waals surface area (Å²) < 4.78 is 48.8. The molecule has 1 unspecified atom stereocenters. The van der Waals surface area contributed by atoms with Gasteiger partial charge >= 0.3 is 5.97 Å². The van der Waals surface area contributed by atoms with Gasteiger partial charge in [-0.2, -0.15) is 0 Å². The third kappa shape index (κ3) is 6.02. The van der Waals surface area contributed by atoms with Crippen LogP contribution in [0.25, 0.3) is 0 Å². The number of ketones is 1. The molecule has 0 radical (unpaired) electrons. The molecule has 0 aliphatic rings. The molecule has 0 amide bonds. The van der Waals surface area contributed by atoms with E-state index in [9.17, 15) is 22.8 Å². The molecular formula is C26H24F3NO4. The fourth-order valence-corrected chi connectivity index (χ4v) is 3.55. The molecule has 34 heavy (non-hydrogen) atoms. The van der Waals surface area contributed by atoms with E-state index in [-0.39, 0.29) is 36.6 Å². The van der Waals surface area contributed by atoms with E-state index in [1.165, 1.54) is 11.0 Å². The summed E-state index contributed by atoms with van der Waals surface area (Å²) >= 11 is 0. The largest absolute Gasteiger partial charge is 0.486 e. The first-order valence-electron chi connectivity index (χ1n) is 10.6. The Kier molecular flexibility index (Phi) is 8.07. The molecular weight excluding hydrogens is 447 g/mol. The molecule has 5 nitrogen and oxygen atoms in total. The molecule has 178 valence electrons. The molecule has 3 rings (SSSR count). The molecule has 0 fully saturated rings. The first-order valence-corrected chi connectivity index (χ1v) is 10.6. The molecule has 0 saturated heterocycles. The van der Waals surface area contributed by atoms with Gasteiger partial charge in [0.25, 0.3) is 0 Å². The van der Waals surface area contributed by atoms with Crippen LogP contribution in [0, 0.1) is 24.4 Å². The van der Waals surface area contributed by atoms with E-state index in [2.05, 4.69) is 0 Å². The van der Waals surface area contributed by atoms with Crippen molar-refractivity contribution in [2.75, 3.05) is 20.1 Å². The van der Waals surface area contributed by atoms with Crippen molar-refractivity contribution in [2.24, 2.45) is 0 Å². The highest BCUT2D eigenvalue weighted by Crippen LogP contribution is 2.31. The maximum Gasteiger partial charge on any atom is 0.317 e. The molecule has 1 N–H and O–H groups in total. The van der Waals surface area contributed by atoms with Crippen LogP contribution < -0.4 is 4.74 Å². The van der Waals surface area contributed by atoms with E-state index in [4.69, 9.17) is 9.84 Å². The van der Waals surface area contributed by atoms with Gasteiger partial charge in [-0.15, -0.1) is 0 Å². The third-order valence-electron chi connectivity index (χ3n) is 5.34. The number of ether oxygens (including phenoxy) is 1. The Morgan fingerprint density at radius 3 is 2.32 bits per heavy atom. The average Bonchev–Trinajstić information content (AvgIpc) is 2.82. The predicted octanol–water partition coefficient (Wildman–Crippen LogP) is 5.17. The Morgan fingerprint density at radius 2 is 1.65 bits per heavy atom. The fourth-order valence-electron chi connectivity index (χ4n) is 3.55. The zero-order chi connectivity index (χ0) is 24.8. The standard InChI is InChI=1S/C26H24F3NO4/c1-16-24(28)20(14-21(27)25(16)29)22(11-12-30(2)15-23(31)32)34-19-10-6-9-18(13-19)26(33)17-7-4-3-5-8-17/h3-10,13-14,22H,11-12,15H2,1-2H3,(H,31,32). The summed E-state index contributed by atoms with van der Waals surface area (Å²) in [6, 6.07) is 15.7. The van der Waals surface area contributed by atoms with Gasteiger partial charge in [0.2, 0.25) is 0 Å². The summed E-state index contributed by atoms with van der Waals surface area (Å²) in [5.74, 6) is -4.48. The van der Waals surface area contributed by atoms with Crippen molar-refractivity contribution in [1.82, 2.24) is 4.90 Å². The monoisotopic (exact) mass is 471 g/mol. The van der Waals surface area contributed by atoms with Gasteiger partial charge in [0, 0.05) is 35.2 Å². The number of benzene rings is 3. The Morgan fingerprint density at radius 1 is 0.971 bits per heavy atom. The topological polar surface area (TPSA) is 66.8 Å². The van der Waals surface area contributed by atoms with Gasteiger partial charge in [0.1, 0.15) is 17.7 Å². The van der Waals surface area contributed by atoms with Crippen LogP contribution in [0.4, 0.5) is 13.2 Å². The SMILES string of the molecule is Cc1c(F)c(F)cc(C(CCN(C)CC(=O)O)Oc2cccc(C(=O)c3ccccc3)c2)c1F. The van der Waals surface area contributed by atoms with Crippen molar-refractivity contribution >= 4 is 11.8 Å². The normalized spacial score (nSPS) is 11.9. The van der Waals surface area contributed by atoms with Crippen molar-refractivity contribution in [3.05, 3.63) is 100 Å². The van der Waals surface area contributed by atoms with Crippen molar-refractivity contribution in [1.29, 1.82) is 0 Å². The smallest absolute Gasteiger partial charge is 0.317 e. The molecule has 0 aliphatic carbocycles. The second-order valence-corrected chi connectivity index (χ2v) is 7.95.